The van der Waals surface area contributed by atoms with E-state index in [1.807, 2.05) is 38.1 Å². The van der Waals surface area contributed by atoms with E-state index in [0.29, 0.717) is 13.0 Å². The van der Waals surface area contributed by atoms with Crippen LogP contribution < -0.4 is 5.32 Å². The van der Waals surface area contributed by atoms with Crippen LogP contribution in [0.1, 0.15) is 56.6 Å². The van der Waals surface area contributed by atoms with Gasteiger partial charge in [-0.05, 0) is 47.4 Å². The Kier molecular flexibility index (Phi) is 7.20. The summed E-state index contributed by atoms with van der Waals surface area (Å²) in [6.07, 6.45) is 1.54. The summed E-state index contributed by atoms with van der Waals surface area (Å²) in [6, 6.07) is 15.1. The third-order valence-electron chi connectivity index (χ3n) is 6.95. The first-order valence-corrected chi connectivity index (χ1v) is 12.0. The monoisotopic (exact) mass is 464 g/mol. The normalized spacial score (nSPS) is 18.2. The molecule has 7 nitrogen and oxygen atoms in total. The second-order valence-corrected chi connectivity index (χ2v) is 9.46. The number of carbonyl (C=O) groups excluding carboxylic acids is 2. The molecular formula is C27H32N2O5. The molecule has 1 saturated heterocycles. The summed E-state index contributed by atoms with van der Waals surface area (Å²) in [4.78, 5) is 38.7. The van der Waals surface area contributed by atoms with Crippen LogP contribution in [0.4, 0.5) is 4.79 Å². The summed E-state index contributed by atoms with van der Waals surface area (Å²) < 4.78 is 5.64. The molecule has 1 fully saturated rings. The van der Waals surface area contributed by atoms with Gasteiger partial charge in [0, 0.05) is 24.9 Å². The fourth-order valence-electron chi connectivity index (χ4n) is 5.04. The van der Waals surface area contributed by atoms with E-state index in [9.17, 15) is 19.5 Å². The maximum Gasteiger partial charge on any atom is 0.407 e. The molecule has 1 aliphatic heterocycles. The highest BCUT2D eigenvalue weighted by molar-refractivity contribution is 5.84. The molecule has 0 spiro atoms. The van der Waals surface area contributed by atoms with Gasteiger partial charge in [-0.1, -0.05) is 62.4 Å². The smallest absolute Gasteiger partial charge is 0.407 e. The SMILES string of the molecule is CC(C)[C@H](CC(=O)N1CCCCC1C(=O)O)NC(=O)OCC1c2ccccc2-c2ccccc21. The van der Waals surface area contributed by atoms with Crippen LogP contribution in [0, 0.1) is 5.92 Å². The molecule has 2 amide bonds. The van der Waals surface area contributed by atoms with Crippen molar-refractivity contribution in [2.24, 2.45) is 5.92 Å². The van der Waals surface area contributed by atoms with Crippen molar-refractivity contribution in [1.29, 1.82) is 0 Å². The van der Waals surface area contributed by atoms with Crippen LogP contribution in [0.15, 0.2) is 48.5 Å². The number of piperidine rings is 1. The van der Waals surface area contributed by atoms with E-state index >= 15 is 0 Å². The maximum atomic E-state index is 12.9. The minimum atomic E-state index is -0.973. The van der Waals surface area contributed by atoms with Gasteiger partial charge in [0.2, 0.25) is 5.91 Å². The first-order valence-electron chi connectivity index (χ1n) is 12.0. The zero-order valence-electron chi connectivity index (χ0n) is 19.7. The molecule has 0 radical (unpaired) electrons. The predicted octanol–water partition coefficient (Wildman–Crippen LogP) is 4.41. The number of amides is 2. The molecule has 2 aliphatic rings. The molecule has 0 bridgehead atoms. The summed E-state index contributed by atoms with van der Waals surface area (Å²) in [5.41, 5.74) is 4.59. The second-order valence-electron chi connectivity index (χ2n) is 9.46. The average molecular weight is 465 g/mol. The summed E-state index contributed by atoms with van der Waals surface area (Å²) in [6.45, 7) is 4.48. The van der Waals surface area contributed by atoms with Crippen LogP contribution in [-0.4, -0.2) is 53.2 Å². The molecule has 180 valence electrons. The Balaban J connectivity index is 1.38. The Morgan fingerprint density at radius 1 is 1.03 bits per heavy atom. The van der Waals surface area contributed by atoms with Gasteiger partial charge in [0.1, 0.15) is 12.6 Å². The lowest BCUT2D eigenvalue weighted by molar-refractivity contribution is -0.152. The van der Waals surface area contributed by atoms with Crippen LogP contribution in [0.5, 0.6) is 0 Å². The number of likely N-dealkylation sites (tertiary alicyclic amines) is 1. The van der Waals surface area contributed by atoms with Crippen molar-refractivity contribution in [1.82, 2.24) is 10.2 Å². The van der Waals surface area contributed by atoms with Crippen LogP contribution in [0.3, 0.4) is 0 Å². The van der Waals surface area contributed by atoms with Gasteiger partial charge in [0.25, 0.3) is 0 Å². The fourth-order valence-corrected chi connectivity index (χ4v) is 5.04. The van der Waals surface area contributed by atoms with Crippen LogP contribution in [0.2, 0.25) is 0 Å². The van der Waals surface area contributed by atoms with E-state index in [4.69, 9.17) is 4.74 Å². The first-order chi connectivity index (χ1) is 16.4. The number of aliphatic carboxylic acids is 1. The molecule has 1 heterocycles. The minimum Gasteiger partial charge on any atom is -0.480 e. The van der Waals surface area contributed by atoms with Crippen molar-refractivity contribution >= 4 is 18.0 Å². The Bertz CT molecular complexity index is 1020. The van der Waals surface area contributed by atoms with Crippen molar-refractivity contribution in [3.63, 3.8) is 0 Å². The van der Waals surface area contributed by atoms with Gasteiger partial charge in [-0.25, -0.2) is 9.59 Å². The van der Waals surface area contributed by atoms with E-state index in [0.717, 1.165) is 35.1 Å². The zero-order valence-corrected chi connectivity index (χ0v) is 19.7. The number of nitrogens with one attached hydrogen (secondary N) is 1. The Morgan fingerprint density at radius 2 is 1.65 bits per heavy atom. The number of hydrogen-bond acceptors (Lipinski definition) is 4. The van der Waals surface area contributed by atoms with E-state index in [-0.39, 0.29) is 30.8 Å². The van der Waals surface area contributed by atoms with Gasteiger partial charge in [-0.3, -0.25) is 4.79 Å². The van der Waals surface area contributed by atoms with E-state index in [1.165, 1.54) is 4.90 Å². The van der Waals surface area contributed by atoms with Gasteiger partial charge in [-0.15, -0.1) is 0 Å². The number of carboxylic acid groups (broad SMARTS) is 1. The van der Waals surface area contributed by atoms with Crippen LogP contribution in [-0.2, 0) is 14.3 Å². The van der Waals surface area contributed by atoms with Gasteiger partial charge in [0.05, 0.1) is 0 Å². The van der Waals surface area contributed by atoms with Gasteiger partial charge < -0.3 is 20.1 Å². The summed E-state index contributed by atoms with van der Waals surface area (Å²) in [7, 11) is 0. The number of carbonyl (C=O) groups is 3. The van der Waals surface area contributed by atoms with Crippen molar-refractivity contribution in [2.45, 2.75) is 57.5 Å². The third-order valence-corrected chi connectivity index (χ3v) is 6.95. The Morgan fingerprint density at radius 3 is 2.24 bits per heavy atom. The Labute approximate surface area is 200 Å². The molecule has 1 aliphatic carbocycles. The molecule has 0 saturated carbocycles. The molecule has 1 unspecified atom stereocenters. The number of benzene rings is 2. The first kappa shape index (κ1) is 23.8. The minimum absolute atomic E-state index is 0.0162. The quantitative estimate of drug-likeness (QED) is 0.633. The molecule has 2 N–H and O–H groups in total. The second kappa shape index (κ2) is 10.3. The highest BCUT2D eigenvalue weighted by Gasteiger charge is 2.34. The molecule has 7 heteroatoms. The number of rotatable bonds is 7. The van der Waals surface area contributed by atoms with Gasteiger partial charge >= 0.3 is 12.1 Å². The van der Waals surface area contributed by atoms with Crippen molar-refractivity contribution in [3.8, 4) is 11.1 Å². The summed E-state index contributed by atoms with van der Waals surface area (Å²) >= 11 is 0. The zero-order chi connectivity index (χ0) is 24.2. The van der Waals surface area contributed by atoms with Crippen molar-refractivity contribution < 1.29 is 24.2 Å². The van der Waals surface area contributed by atoms with Crippen molar-refractivity contribution in [2.75, 3.05) is 13.2 Å². The maximum absolute atomic E-state index is 12.9. The van der Waals surface area contributed by atoms with E-state index in [2.05, 4.69) is 29.6 Å². The van der Waals surface area contributed by atoms with Crippen LogP contribution in [0.25, 0.3) is 11.1 Å². The highest BCUT2D eigenvalue weighted by Crippen LogP contribution is 2.44. The number of nitrogens with zero attached hydrogens (tertiary/aromatic N) is 1. The molecule has 2 atom stereocenters. The number of carboxylic acids is 1. The van der Waals surface area contributed by atoms with Gasteiger partial charge in [-0.2, -0.15) is 0 Å². The number of ether oxygens (including phenoxy) is 1. The lowest BCUT2D eigenvalue weighted by atomic mass is 9.97. The fraction of sp³-hybridized carbons (Fsp3) is 0.444. The molecular weight excluding hydrogens is 432 g/mol. The number of hydrogen-bond donors (Lipinski definition) is 2. The number of fused-ring (bicyclic) bond motifs is 3. The highest BCUT2D eigenvalue weighted by atomic mass is 16.5. The molecule has 0 aromatic heterocycles. The molecule has 34 heavy (non-hydrogen) atoms. The average Bonchev–Trinajstić information content (AvgIpc) is 3.16. The van der Waals surface area contributed by atoms with E-state index in [1.54, 1.807) is 0 Å². The van der Waals surface area contributed by atoms with Crippen LogP contribution >= 0.6 is 0 Å². The molecule has 2 aromatic rings. The third kappa shape index (κ3) is 4.93. The molecule has 4 rings (SSSR count). The topological polar surface area (TPSA) is 95.9 Å². The van der Waals surface area contributed by atoms with Gasteiger partial charge in [0.15, 0.2) is 0 Å². The lowest BCUT2D eigenvalue weighted by Gasteiger charge is -2.34. The largest absolute Gasteiger partial charge is 0.480 e. The number of alkyl carbamates (subject to hydrolysis) is 1. The lowest BCUT2D eigenvalue weighted by Crippen LogP contribution is -2.50. The standard InChI is InChI=1S/C27H32N2O5/c1-17(2)23(15-25(30)29-14-8-7-13-24(29)26(31)32)28-27(33)34-16-22-20-11-5-3-9-18(20)19-10-4-6-12-21(19)22/h3-6,9-12,17,22-24H,7-8,13-16H2,1-2H3,(H,28,33)(H,31,32)/t23-,24?/m0/s1. The molecule has 2 aromatic carbocycles. The van der Waals surface area contributed by atoms with Crippen molar-refractivity contribution in [3.05, 3.63) is 59.7 Å². The van der Waals surface area contributed by atoms with E-state index < -0.39 is 24.1 Å². The summed E-state index contributed by atoms with van der Waals surface area (Å²) in [5, 5.41) is 12.3. The predicted molar refractivity (Wildman–Crippen MR) is 128 cm³/mol. The Hall–Kier alpha value is -3.35. The summed E-state index contributed by atoms with van der Waals surface area (Å²) in [5.74, 6) is -1.28.